The first kappa shape index (κ1) is 43.4. The number of methoxy groups -OCH3 is 1. The van der Waals surface area contributed by atoms with Gasteiger partial charge in [0.2, 0.25) is 11.8 Å². The van der Waals surface area contributed by atoms with E-state index in [0.29, 0.717) is 63.3 Å². The number of nitrogens with zero attached hydrogens (tertiary/aromatic N) is 10. The van der Waals surface area contributed by atoms with E-state index in [4.69, 9.17) is 57.1 Å². The lowest BCUT2D eigenvalue weighted by molar-refractivity contribution is -0.133. The molecule has 5 aliphatic heterocycles. The van der Waals surface area contributed by atoms with Gasteiger partial charge in [0.05, 0.1) is 54.3 Å². The van der Waals surface area contributed by atoms with Gasteiger partial charge in [0.15, 0.2) is 17.6 Å². The van der Waals surface area contributed by atoms with E-state index >= 15 is 0 Å². The number of aliphatic hydroxyl groups excluding tert-OH is 1. The number of carbonyl (C=O) groups excluding carboxylic acids is 1. The Kier molecular flexibility index (Phi) is 11.5. The van der Waals surface area contributed by atoms with E-state index in [1.54, 1.807) is 24.5 Å². The number of carbonyl (C=O) groups is 1. The highest BCUT2D eigenvalue weighted by Crippen LogP contribution is 2.41. The van der Waals surface area contributed by atoms with Crippen LogP contribution in [0.2, 0.25) is 10.0 Å². The van der Waals surface area contributed by atoms with Crippen molar-refractivity contribution >= 4 is 63.1 Å². The van der Waals surface area contributed by atoms with E-state index < -0.39 is 24.4 Å². The number of ether oxygens (including phenoxy) is 4. The van der Waals surface area contributed by atoms with Crippen LogP contribution in [-0.2, 0) is 14.3 Å². The van der Waals surface area contributed by atoms with Crippen molar-refractivity contribution in [2.24, 2.45) is 4.99 Å². The summed E-state index contributed by atoms with van der Waals surface area (Å²) in [6.07, 6.45) is 0.267. The van der Waals surface area contributed by atoms with Crippen molar-refractivity contribution in [2.75, 3.05) is 64.5 Å². The molecular weight excluding hydrogens is 906 g/mol. The number of piperidine rings is 1. The number of pyridine rings is 2. The number of aliphatic hydroxyl groups is 1. The molecule has 0 spiro atoms. The monoisotopic (exact) mass is 953 g/mol. The van der Waals surface area contributed by atoms with Crippen LogP contribution in [0.1, 0.15) is 58.5 Å². The summed E-state index contributed by atoms with van der Waals surface area (Å²) >= 11 is 14.8. The maximum atomic E-state index is 14.1. The van der Waals surface area contributed by atoms with Crippen molar-refractivity contribution < 1.29 is 28.8 Å². The number of halogens is 2. The van der Waals surface area contributed by atoms with Gasteiger partial charge in [-0.05, 0) is 69.5 Å². The molecule has 5 aromatic heterocycles. The van der Waals surface area contributed by atoms with Crippen LogP contribution in [-0.4, -0.2) is 151 Å². The average molecular weight is 955 g/mol. The van der Waals surface area contributed by atoms with Gasteiger partial charge in [0, 0.05) is 66.3 Å². The molecule has 0 radical (unpaired) electrons. The molecule has 0 bridgehead atoms. The fourth-order valence-corrected chi connectivity index (χ4v) is 11.6. The number of fused-ring (bicyclic) bond motifs is 5. The molecule has 20 heteroatoms. The third kappa shape index (κ3) is 7.79. The Morgan fingerprint density at radius 3 is 2.48 bits per heavy atom. The first-order valence-corrected chi connectivity index (χ1v) is 23.9. The number of hydrogen-bond donors (Lipinski definition) is 2. The van der Waals surface area contributed by atoms with Crippen LogP contribution in [0.4, 0.5) is 5.82 Å². The Morgan fingerprint density at radius 1 is 0.939 bits per heavy atom. The quantitative estimate of drug-likeness (QED) is 0.175. The molecule has 4 saturated heterocycles. The molecule has 0 saturated carbocycles. The van der Waals surface area contributed by atoms with E-state index in [-0.39, 0.29) is 37.7 Å². The summed E-state index contributed by atoms with van der Waals surface area (Å²) in [5.41, 5.74) is 6.18. The smallest absolute Gasteiger partial charge is 0.296 e. The van der Waals surface area contributed by atoms with Gasteiger partial charge in [-0.15, -0.1) is 21.5 Å². The Balaban J connectivity index is 0.724. The second-order valence-corrected chi connectivity index (χ2v) is 19.6. The zero-order valence-electron chi connectivity index (χ0n) is 36.9. The maximum Gasteiger partial charge on any atom is 0.296 e. The number of anilines is 1. The van der Waals surface area contributed by atoms with E-state index in [0.717, 1.165) is 78.1 Å². The minimum Gasteiger partial charge on any atom is -0.480 e. The zero-order valence-corrected chi connectivity index (χ0v) is 39.2. The van der Waals surface area contributed by atoms with Crippen LogP contribution in [0, 0.1) is 20.8 Å². The first-order valence-electron chi connectivity index (χ1n) is 22.3. The number of piperazine rings is 1. The van der Waals surface area contributed by atoms with Crippen LogP contribution in [0.5, 0.6) is 11.9 Å². The van der Waals surface area contributed by atoms with E-state index in [1.165, 1.54) is 4.88 Å². The number of rotatable bonds is 9. The Labute approximate surface area is 394 Å². The van der Waals surface area contributed by atoms with Gasteiger partial charge in [-0.1, -0.05) is 35.3 Å². The maximum absolute atomic E-state index is 14.1. The van der Waals surface area contributed by atoms with Crippen molar-refractivity contribution in [3.05, 3.63) is 85.7 Å². The molecule has 6 aromatic rings. The van der Waals surface area contributed by atoms with Crippen molar-refractivity contribution in [1.82, 2.24) is 44.5 Å². The third-order valence-electron chi connectivity index (χ3n) is 13.6. The average Bonchev–Trinajstić information content (AvgIpc) is 4.15. The summed E-state index contributed by atoms with van der Waals surface area (Å²) in [5.74, 6) is 2.76. The van der Waals surface area contributed by atoms with Crippen LogP contribution >= 0.6 is 34.5 Å². The molecule has 1 aromatic carbocycles. The minimum atomic E-state index is -0.672. The second-order valence-electron chi connectivity index (χ2n) is 17.5. The first-order chi connectivity index (χ1) is 32.0. The lowest BCUT2D eigenvalue weighted by Gasteiger charge is -2.43. The summed E-state index contributed by atoms with van der Waals surface area (Å²) in [5, 5.41) is 21.3. The lowest BCUT2D eigenvalue weighted by atomic mass is 9.99. The molecule has 0 unspecified atom stereocenters. The van der Waals surface area contributed by atoms with Crippen LogP contribution in [0.15, 0.2) is 47.5 Å². The predicted octanol–water partition coefficient (Wildman–Crippen LogP) is 5.90. The highest BCUT2D eigenvalue weighted by molar-refractivity contribution is 7.15. The van der Waals surface area contributed by atoms with Crippen molar-refractivity contribution in [3.8, 4) is 28.1 Å². The lowest BCUT2D eigenvalue weighted by Crippen LogP contribution is -2.54. The number of hydrogen-bond acceptors (Lipinski definition) is 15. The molecule has 1 amide bonds. The summed E-state index contributed by atoms with van der Waals surface area (Å²) in [6, 6.07) is 13.6. The molecule has 5 atom stereocenters. The Bertz CT molecular complexity index is 2850. The fourth-order valence-electron chi connectivity index (χ4n) is 10.00. The molecule has 2 N–H and O–H groups in total. The summed E-state index contributed by atoms with van der Waals surface area (Å²) < 4.78 is 25.4. The molecule has 0 aliphatic carbocycles. The van der Waals surface area contributed by atoms with Crippen molar-refractivity contribution in [2.45, 2.75) is 76.5 Å². The topological polar surface area (TPSA) is 181 Å². The van der Waals surface area contributed by atoms with Crippen LogP contribution in [0.25, 0.3) is 27.4 Å². The van der Waals surface area contributed by atoms with Crippen LogP contribution in [0.3, 0.4) is 0 Å². The predicted molar refractivity (Wildman–Crippen MR) is 250 cm³/mol. The number of benzene rings is 1. The van der Waals surface area contributed by atoms with Crippen molar-refractivity contribution in [1.29, 1.82) is 0 Å². The number of amides is 1. The molecule has 10 heterocycles. The number of nitrogens with one attached hydrogen (secondary N) is 1. The minimum absolute atomic E-state index is 0.0662. The number of aliphatic imine (C=N–C) groups is 1. The normalized spacial score (nSPS) is 23.4. The number of aryl methyl sites for hydroxylation is 2. The van der Waals surface area contributed by atoms with E-state index in [9.17, 15) is 9.90 Å². The van der Waals surface area contributed by atoms with Gasteiger partial charge in [0.1, 0.15) is 41.0 Å². The molecule has 66 heavy (non-hydrogen) atoms. The van der Waals surface area contributed by atoms with E-state index in [2.05, 4.69) is 48.4 Å². The fraction of sp³-hybridized carbons (Fsp3) is 0.457. The molecule has 17 nitrogen and oxygen atoms in total. The Hall–Kier alpha value is -5.21. The number of thiophene rings is 1. The molecule has 5 aliphatic rings. The van der Waals surface area contributed by atoms with Gasteiger partial charge in [0.25, 0.3) is 6.01 Å². The highest BCUT2D eigenvalue weighted by atomic mass is 35.5. The number of imidazole rings is 1. The number of H-pyrrole nitrogens is 1. The van der Waals surface area contributed by atoms with E-state index in [1.807, 2.05) is 48.2 Å². The van der Waals surface area contributed by atoms with Gasteiger partial charge < -0.3 is 38.8 Å². The summed E-state index contributed by atoms with van der Waals surface area (Å²) in [7, 11) is 1.59. The van der Waals surface area contributed by atoms with Gasteiger partial charge >= 0.3 is 0 Å². The van der Waals surface area contributed by atoms with Gasteiger partial charge in [-0.3, -0.25) is 19.3 Å². The standard InChI is InChI=1S/C46H49Cl2N11O6S/c1-23-24(2)66-45-37(23)38(26-5-7-27(47)8-6-26)49-32(43-55-54-25(3)59(43)45)20-36(61)58-17-15-56(16-18-58)28-11-13-57(14-12-28)35-10-9-29(44(51-35)62-4)39-30(48)19-31-42(52-39)53-46(50-31)65-34-22-64-40-33(60)21-63-41(34)40/h5-10,19,28,32-34,40-41,60H,11-18,20-22H2,1-4H3,(H,50,52,53)/t32-,33+,34+,40+,41+/m0/s1. The Morgan fingerprint density at radius 2 is 1.71 bits per heavy atom. The largest absolute Gasteiger partial charge is 0.480 e. The highest BCUT2D eigenvalue weighted by Gasteiger charge is 2.49. The third-order valence-corrected chi connectivity index (χ3v) is 15.4. The number of aromatic nitrogens is 7. The summed E-state index contributed by atoms with van der Waals surface area (Å²) in [4.78, 5) is 44.9. The van der Waals surface area contributed by atoms with Crippen molar-refractivity contribution in [3.63, 3.8) is 0 Å². The zero-order chi connectivity index (χ0) is 45.4. The van der Waals surface area contributed by atoms with Gasteiger partial charge in [-0.25, -0.2) is 4.98 Å². The molecule has 4 fully saturated rings. The van der Waals surface area contributed by atoms with Gasteiger partial charge in [-0.2, -0.15) is 9.97 Å². The molecule has 11 rings (SSSR count). The van der Waals surface area contributed by atoms with Crippen LogP contribution < -0.4 is 14.4 Å². The SMILES string of the molecule is COc1nc(N2CCC(N3CCN(C(=O)C[C@@H]4N=C(c5ccc(Cl)cc5)c5c(sc(C)c5C)-n5c(C)nnc54)CC3)CC2)ccc1-c1nc2nc(O[C@@H]3CO[C@H]4[C@@H]3OC[C@H]4O)[nH]c2cc1Cl. The number of aromatic amines is 1. The second kappa shape index (κ2) is 17.5. The molecule has 344 valence electrons. The molecular formula is C46H49Cl2N11O6S. The summed E-state index contributed by atoms with van der Waals surface area (Å²) in [6.45, 7) is 11.3.